The Morgan fingerprint density at radius 3 is 2.55 bits per heavy atom. The molecule has 0 spiro atoms. The summed E-state index contributed by atoms with van der Waals surface area (Å²) in [6.45, 7) is 11.7. The van der Waals surface area contributed by atoms with Gasteiger partial charge in [-0.15, -0.1) is 0 Å². The second-order valence-corrected chi connectivity index (χ2v) is 11.6. The van der Waals surface area contributed by atoms with Gasteiger partial charge in [-0.1, -0.05) is 6.58 Å². The third-order valence-corrected chi connectivity index (χ3v) is 8.49. The second-order valence-electron chi connectivity index (χ2n) is 9.53. The number of nitrogens with zero attached hydrogens (tertiary/aromatic N) is 7. The Bertz CT molecular complexity index is 1480. The minimum Gasteiger partial charge on any atom is -0.473 e. The molecule has 3 heterocycles. The SMILES string of the molecule is C=Cc1nn(PI)c2c(F)cc(-c3c(COC)nn(C)c3OC(C)CN(C)Cc3c(C)c(C)nn3C)cc12. The summed E-state index contributed by atoms with van der Waals surface area (Å²) in [6.07, 6.45) is 1.75. The van der Waals surface area contributed by atoms with Gasteiger partial charge in [0.2, 0.25) is 5.88 Å². The summed E-state index contributed by atoms with van der Waals surface area (Å²) in [6, 6.07) is 3.46. The fraction of sp³-hybridized carbons (Fsp3) is 0.423. The summed E-state index contributed by atoms with van der Waals surface area (Å²) in [5, 5.41) is 14.4. The lowest BCUT2D eigenvalue weighted by Crippen LogP contribution is -2.32. The van der Waals surface area contributed by atoms with Crippen LogP contribution in [0, 0.1) is 19.7 Å². The average Bonchev–Trinajstić information content (AvgIpc) is 3.46. The third-order valence-electron chi connectivity index (χ3n) is 6.64. The molecule has 0 amide bonds. The Morgan fingerprint density at radius 2 is 1.95 bits per heavy atom. The summed E-state index contributed by atoms with van der Waals surface area (Å²) >= 11 is 2.20. The third kappa shape index (κ3) is 5.52. The highest BCUT2D eigenvalue weighted by Gasteiger charge is 2.25. The normalized spacial score (nSPS) is 12.9. The summed E-state index contributed by atoms with van der Waals surface area (Å²) in [5.74, 6) is 0.211. The van der Waals surface area contributed by atoms with E-state index in [1.54, 1.807) is 22.3 Å². The van der Waals surface area contributed by atoms with Gasteiger partial charge in [-0.2, -0.15) is 15.3 Å². The van der Waals surface area contributed by atoms with E-state index in [4.69, 9.17) is 9.47 Å². The Kier molecular flexibility index (Phi) is 8.91. The smallest absolute Gasteiger partial charge is 0.220 e. The van der Waals surface area contributed by atoms with E-state index in [2.05, 4.69) is 62.8 Å². The van der Waals surface area contributed by atoms with Crippen LogP contribution in [-0.4, -0.2) is 60.8 Å². The Balaban J connectivity index is 1.67. The van der Waals surface area contributed by atoms with Crippen molar-refractivity contribution in [3.63, 3.8) is 0 Å². The van der Waals surface area contributed by atoms with E-state index in [0.717, 1.165) is 12.2 Å². The van der Waals surface area contributed by atoms with Crippen LogP contribution < -0.4 is 4.74 Å². The van der Waals surface area contributed by atoms with Gasteiger partial charge in [-0.05, 0) is 79.2 Å². The molecule has 0 aliphatic heterocycles. The van der Waals surface area contributed by atoms with Crippen LogP contribution in [0.4, 0.5) is 4.39 Å². The molecule has 0 N–H and O–H groups in total. The maximum Gasteiger partial charge on any atom is 0.220 e. The lowest BCUT2D eigenvalue weighted by molar-refractivity contribution is 0.147. The van der Waals surface area contributed by atoms with Crippen molar-refractivity contribution < 1.29 is 13.9 Å². The molecule has 0 saturated heterocycles. The van der Waals surface area contributed by atoms with Gasteiger partial charge in [0.15, 0.2) is 0 Å². The monoisotopic (exact) mass is 653 g/mol. The molecule has 0 aliphatic rings. The van der Waals surface area contributed by atoms with E-state index in [1.807, 2.05) is 38.7 Å². The number of rotatable bonds is 11. The molecule has 3 aromatic heterocycles. The first kappa shape index (κ1) is 28.7. The first-order valence-corrected chi connectivity index (χ1v) is 16.3. The van der Waals surface area contributed by atoms with Crippen molar-refractivity contribution in [2.75, 3.05) is 20.7 Å². The number of halogens is 2. The molecule has 0 fully saturated rings. The zero-order chi connectivity index (χ0) is 27.7. The van der Waals surface area contributed by atoms with Crippen LogP contribution in [0.25, 0.3) is 28.1 Å². The van der Waals surface area contributed by atoms with E-state index in [-0.39, 0.29) is 24.9 Å². The lowest BCUT2D eigenvalue weighted by atomic mass is 10.0. The van der Waals surface area contributed by atoms with E-state index in [9.17, 15) is 0 Å². The summed E-state index contributed by atoms with van der Waals surface area (Å²) in [4.78, 5) is 2.21. The molecule has 2 atom stereocenters. The molecule has 1 aromatic carbocycles. The molecular weight excluding hydrogens is 619 g/mol. The molecule has 204 valence electrons. The molecule has 38 heavy (non-hydrogen) atoms. The van der Waals surface area contributed by atoms with Crippen LogP contribution in [0.2, 0.25) is 0 Å². The van der Waals surface area contributed by atoms with E-state index < -0.39 is 0 Å². The van der Waals surface area contributed by atoms with Gasteiger partial charge < -0.3 is 9.47 Å². The Hall–Kier alpha value is -2.34. The highest BCUT2D eigenvalue weighted by Crippen LogP contribution is 2.39. The molecule has 2 unspecified atom stereocenters. The fourth-order valence-electron chi connectivity index (χ4n) is 4.82. The number of likely N-dealkylation sites (N-methyl/N-ethyl adjacent to an activating group) is 1. The highest BCUT2D eigenvalue weighted by atomic mass is 127. The molecule has 9 nitrogen and oxygen atoms in total. The molecule has 0 bridgehead atoms. The first-order valence-electron chi connectivity index (χ1n) is 12.2. The summed E-state index contributed by atoms with van der Waals surface area (Å²) in [7, 11) is 7.48. The maximum atomic E-state index is 15.5. The highest BCUT2D eigenvalue weighted by molar-refractivity contribution is 14.2. The van der Waals surface area contributed by atoms with E-state index >= 15 is 4.39 Å². The van der Waals surface area contributed by atoms with Gasteiger partial charge in [0.25, 0.3) is 0 Å². The number of aromatic nitrogens is 6. The molecule has 4 aromatic rings. The summed E-state index contributed by atoms with van der Waals surface area (Å²) < 4.78 is 32.7. The van der Waals surface area contributed by atoms with Crippen molar-refractivity contribution in [1.82, 2.24) is 34.0 Å². The first-order chi connectivity index (χ1) is 18.1. The number of benzene rings is 1. The van der Waals surface area contributed by atoms with Crippen LogP contribution in [-0.2, 0) is 32.0 Å². The number of fused-ring (bicyclic) bond motifs is 1. The minimum absolute atomic E-state index is 0.167. The largest absolute Gasteiger partial charge is 0.473 e. The molecule has 0 saturated carbocycles. The molecular formula is C26H34FIN7O2P. The quantitative estimate of drug-likeness (QED) is 0.159. The predicted octanol–water partition coefficient (Wildman–Crippen LogP) is 5.41. The van der Waals surface area contributed by atoms with Gasteiger partial charge >= 0.3 is 0 Å². The van der Waals surface area contributed by atoms with E-state index in [0.29, 0.717) is 45.8 Å². The molecule has 0 radical (unpaired) electrons. The van der Waals surface area contributed by atoms with Gasteiger partial charge in [0.05, 0.1) is 41.3 Å². The molecule has 12 heteroatoms. The topological polar surface area (TPSA) is 75.2 Å². The number of aryl methyl sites for hydroxylation is 3. The fourth-order valence-corrected chi connectivity index (χ4v) is 6.33. The Morgan fingerprint density at radius 1 is 1.21 bits per heavy atom. The van der Waals surface area contributed by atoms with Crippen molar-refractivity contribution >= 4 is 45.4 Å². The van der Waals surface area contributed by atoms with Crippen molar-refractivity contribution in [2.24, 2.45) is 14.1 Å². The van der Waals surface area contributed by atoms with Gasteiger partial charge in [0, 0.05) is 39.7 Å². The number of hydrogen-bond donors (Lipinski definition) is 0. The predicted molar refractivity (Wildman–Crippen MR) is 160 cm³/mol. The average molecular weight is 653 g/mol. The molecule has 0 aliphatic carbocycles. The van der Waals surface area contributed by atoms with Gasteiger partial charge in [0.1, 0.15) is 17.4 Å². The minimum atomic E-state index is -0.352. The maximum absolute atomic E-state index is 15.5. The second kappa shape index (κ2) is 11.8. The van der Waals surface area contributed by atoms with Gasteiger partial charge in [-0.25, -0.2) is 13.5 Å². The van der Waals surface area contributed by atoms with Crippen LogP contribution in [0.15, 0.2) is 18.7 Å². The number of ether oxygens (including phenoxy) is 2. The standard InChI is InChI=1S/C26H34FIN7O2P/c1-9-21-19-10-18(11-20(27)25(19)35(31-21)38-28)24-22(14-36-8)30-34(7)26(24)37-15(2)12-32(5)13-23-16(3)17(4)29-33(23)6/h9-11,15,38H,1,12-14H2,2-8H3. The van der Waals surface area contributed by atoms with Gasteiger partial charge in [-0.3, -0.25) is 9.58 Å². The van der Waals surface area contributed by atoms with Crippen LogP contribution >= 0.6 is 28.4 Å². The van der Waals surface area contributed by atoms with Crippen molar-refractivity contribution in [3.8, 4) is 17.0 Å². The van der Waals surface area contributed by atoms with Crippen LogP contribution in [0.1, 0.15) is 35.3 Å². The van der Waals surface area contributed by atoms with Crippen molar-refractivity contribution in [2.45, 2.75) is 40.0 Å². The van der Waals surface area contributed by atoms with Crippen LogP contribution in [0.5, 0.6) is 5.88 Å². The summed E-state index contributed by atoms with van der Waals surface area (Å²) in [5.41, 5.74) is 6.57. The Labute approximate surface area is 237 Å². The number of methoxy groups -OCH3 is 1. The molecule has 4 rings (SSSR count). The lowest BCUT2D eigenvalue weighted by Gasteiger charge is -2.23. The van der Waals surface area contributed by atoms with Crippen LogP contribution in [0.3, 0.4) is 0 Å². The van der Waals surface area contributed by atoms with E-state index in [1.165, 1.54) is 17.3 Å². The zero-order valence-electron chi connectivity index (χ0n) is 22.8. The van der Waals surface area contributed by atoms with Crippen molar-refractivity contribution in [3.05, 3.63) is 52.9 Å². The van der Waals surface area contributed by atoms with Crippen molar-refractivity contribution in [1.29, 1.82) is 0 Å². The number of hydrogen-bond acceptors (Lipinski definition) is 6. The zero-order valence-corrected chi connectivity index (χ0v) is 26.0.